The first-order valence-corrected chi connectivity index (χ1v) is 12.6. The van der Waals surface area contributed by atoms with E-state index in [0.29, 0.717) is 0 Å². The quantitative estimate of drug-likeness (QED) is 0.244. The predicted molar refractivity (Wildman–Crippen MR) is 124 cm³/mol. The number of sulfonamides is 1. The predicted octanol–water partition coefficient (Wildman–Crippen LogP) is 1.73. The van der Waals surface area contributed by atoms with Gasteiger partial charge in [0.2, 0.25) is 27.6 Å². The molecule has 0 saturated heterocycles. The molecule has 208 valence electrons. The molecule has 0 aliphatic heterocycles. The second-order valence-electron chi connectivity index (χ2n) is 7.78. The molecule has 0 aliphatic carbocycles. The minimum Gasteiger partial charge on any atom is -0.481 e. The number of nitrogens with zero attached hydrogens (tertiary/aromatic N) is 1. The first kappa shape index (κ1) is 30.3. The van der Waals surface area contributed by atoms with E-state index in [0.717, 1.165) is 10.6 Å². The fourth-order valence-electron chi connectivity index (χ4n) is 3.19. The molecule has 2 atom stereocenters. The number of carboxylic acid groups (broad SMARTS) is 1. The van der Waals surface area contributed by atoms with Crippen LogP contribution in [0, 0.1) is 23.3 Å². The number of halogens is 4. The first-order chi connectivity index (χ1) is 17.7. The highest BCUT2D eigenvalue weighted by Crippen LogP contribution is 2.26. The average Bonchev–Trinajstić information content (AvgIpc) is 2.84. The normalized spacial score (nSPS) is 12.9. The van der Waals surface area contributed by atoms with Crippen LogP contribution in [0.2, 0.25) is 0 Å². The Morgan fingerprint density at radius 3 is 2.24 bits per heavy atom. The summed E-state index contributed by atoms with van der Waals surface area (Å²) in [6.45, 7) is 1.53. The smallest absolute Gasteiger partial charge is 0.305 e. The van der Waals surface area contributed by atoms with E-state index in [1.165, 1.54) is 26.1 Å². The van der Waals surface area contributed by atoms with E-state index in [2.05, 4.69) is 14.8 Å². The van der Waals surface area contributed by atoms with Crippen LogP contribution >= 0.6 is 0 Å². The molecule has 0 aliphatic rings. The van der Waals surface area contributed by atoms with Crippen LogP contribution in [0.5, 0.6) is 5.75 Å². The van der Waals surface area contributed by atoms with Gasteiger partial charge in [0.1, 0.15) is 24.4 Å². The monoisotopic (exact) mass is 565 g/mol. The van der Waals surface area contributed by atoms with Crippen molar-refractivity contribution in [1.82, 2.24) is 9.88 Å². The topological polar surface area (TPSA) is 161 Å². The number of anilines is 1. The first-order valence-electron chi connectivity index (χ1n) is 10.9. The van der Waals surface area contributed by atoms with E-state index in [9.17, 15) is 45.2 Å². The Bertz CT molecular complexity index is 1370. The summed E-state index contributed by atoms with van der Waals surface area (Å²) in [4.78, 5) is 49.5. The standard InChI is InChI=1S/C22H23F4N3O8S/c1-3-15(29-7-5-6-13(22(29)34)28-38(35,36)4-2)21(33)27-14(9-17(31)32)16(30)10-37-20-18(25)11(23)8-12(24)19(20)26/h5-8,14-15,28H,3-4,9-10H2,1-2H3,(H,27,33)(H,31,32)/t14-,15-/m0/s1. The van der Waals surface area contributed by atoms with Crippen LogP contribution in [-0.4, -0.2) is 54.2 Å². The molecule has 0 spiro atoms. The van der Waals surface area contributed by atoms with Crippen LogP contribution in [0.4, 0.5) is 23.2 Å². The van der Waals surface area contributed by atoms with Crippen LogP contribution in [0.1, 0.15) is 32.7 Å². The number of carbonyl (C=O) groups is 3. The highest BCUT2D eigenvalue weighted by molar-refractivity contribution is 7.92. The Hall–Kier alpha value is -3.95. The fraction of sp³-hybridized carbons (Fsp3) is 0.364. The zero-order valence-corrected chi connectivity index (χ0v) is 20.8. The third kappa shape index (κ3) is 7.30. The van der Waals surface area contributed by atoms with Crippen molar-refractivity contribution in [3.8, 4) is 5.75 Å². The number of Topliss-reactive ketones (excluding diaryl/α,β-unsaturated/α-hetero) is 1. The molecule has 0 bridgehead atoms. The SMILES string of the molecule is CC[C@@H](C(=O)N[C@@H](CC(=O)O)C(=O)COc1c(F)c(F)cc(F)c1F)n1cccc(NS(=O)(=O)CC)c1=O. The number of hydrogen-bond donors (Lipinski definition) is 3. The van der Waals surface area contributed by atoms with Gasteiger partial charge in [0.05, 0.1) is 12.2 Å². The molecular formula is C22H23F4N3O8S. The average molecular weight is 565 g/mol. The fourth-order valence-corrected chi connectivity index (χ4v) is 3.83. The van der Waals surface area contributed by atoms with Crippen molar-refractivity contribution in [3.63, 3.8) is 0 Å². The molecule has 38 heavy (non-hydrogen) atoms. The number of amides is 1. The van der Waals surface area contributed by atoms with Gasteiger partial charge in [-0.05, 0) is 25.5 Å². The van der Waals surface area contributed by atoms with Gasteiger partial charge >= 0.3 is 5.97 Å². The molecular weight excluding hydrogens is 542 g/mol. The summed E-state index contributed by atoms with van der Waals surface area (Å²) in [5.74, 6) is -13.2. The van der Waals surface area contributed by atoms with E-state index in [1.54, 1.807) is 0 Å². The number of rotatable bonds is 13. The van der Waals surface area contributed by atoms with Crippen LogP contribution < -0.4 is 20.3 Å². The zero-order valence-electron chi connectivity index (χ0n) is 20.0. The third-order valence-corrected chi connectivity index (χ3v) is 6.45. The van der Waals surface area contributed by atoms with Gasteiger partial charge in [-0.2, -0.15) is 8.78 Å². The number of carbonyl (C=O) groups excluding carboxylic acids is 2. The van der Waals surface area contributed by atoms with Gasteiger partial charge in [-0.1, -0.05) is 6.92 Å². The van der Waals surface area contributed by atoms with Gasteiger partial charge in [0.15, 0.2) is 23.2 Å². The van der Waals surface area contributed by atoms with Crippen molar-refractivity contribution in [2.24, 2.45) is 0 Å². The zero-order chi connectivity index (χ0) is 28.8. The lowest BCUT2D eigenvalue weighted by atomic mass is 10.1. The van der Waals surface area contributed by atoms with Gasteiger partial charge in [-0.25, -0.2) is 17.2 Å². The lowest BCUT2D eigenvalue weighted by Crippen LogP contribution is -2.48. The Kier molecular flexibility index (Phi) is 9.98. The lowest BCUT2D eigenvalue weighted by molar-refractivity contribution is -0.140. The van der Waals surface area contributed by atoms with E-state index in [-0.39, 0.29) is 23.9 Å². The molecule has 1 aromatic heterocycles. The molecule has 16 heteroatoms. The number of aromatic nitrogens is 1. The van der Waals surface area contributed by atoms with Crippen molar-refractivity contribution < 1.29 is 50.2 Å². The summed E-state index contributed by atoms with van der Waals surface area (Å²) < 4.78 is 85.5. The van der Waals surface area contributed by atoms with Crippen molar-refractivity contribution in [1.29, 1.82) is 0 Å². The molecule has 2 aromatic rings. The van der Waals surface area contributed by atoms with Crippen molar-refractivity contribution >= 4 is 33.4 Å². The minimum atomic E-state index is -3.84. The number of carboxylic acids is 1. The van der Waals surface area contributed by atoms with Crippen LogP contribution in [0.15, 0.2) is 29.2 Å². The van der Waals surface area contributed by atoms with Crippen LogP contribution in [0.3, 0.4) is 0 Å². The molecule has 0 unspecified atom stereocenters. The second kappa shape index (κ2) is 12.5. The maximum absolute atomic E-state index is 13.8. The summed E-state index contributed by atoms with van der Waals surface area (Å²) in [6, 6.07) is -0.818. The number of benzene rings is 1. The number of hydrogen-bond acceptors (Lipinski definition) is 7. The van der Waals surface area contributed by atoms with Crippen molar-refractivity contribution in [3.05, 3.63) is 58.0 Å². The molecule has 0 fully saturated rings. The summed E-state index contributed by atoms with van der Waals surface area (Å²) >= 11 is 0. The van der Waals surface area contributed by atoms with Crippen molar-refractivity contribution in [2.45, 2.75) is 38.8 Å². The number of aliphatic carboxylic acids is 1. The van der Waals surface area contributed by atoms with E-state index < -0.39 is 87.4 Å². The molecule has 1 heterocycles. The number of ether oxygens (including phenoxy) is 1. The largest absolute Gasteiger partial charge is 0.481 e. The molecule has 1 aromatic carbocycles. The maximum Gasteiger partial charge on any atom is 0.305 e. The summed E-state index contributed by atoms with van der Waals surface area (Å²) in [5, 5.41) is 11.2. The Balaban J connectivity index is 2.28. The van der Waals surface area contributed by atoms with Crippen LogP contribution in [-0.2, 0) is 24.4 Å². The van der Waals surface area contributed by atoms with Crippen molar-refractivity contribution in [2.75, 3.05) is 17.1 Å². The van der Waals surface area contributed by atoms with E-state index in [1.807, 2.05) is 0 Å². The van der Waals surface area contributed by atoms with Gasteiger partial charge in [0, 0.05) is 12.3 Å². The molecule has 11 nitrogen and oxygen atoms in total. The highest BCUT2D eigenvalue weighted by atomic mass is 32.2. The third-order valence-electron chi connectivity index (χ3n) is 5.16. The summed E-state index contributed by atoms with van der Waals surface area (Å²) in [7, 11) is -3.84. The molecule has 1 amide bonds. The van der Waals surface area contributed by atoms with Gasteiger partial charge in [-0.3, -0.25) is 23.9 Å². The molecule has 0 radical (unpaired) electrons. The van der Waals surface area contributed by atoms with Gasteiger partial charge in [0.25, 0.3) is 5.56 Å². The molecule has 0 saturated carbocycles. The number of nitrogens with one attached hydrogen (secondary N) is 2. The highest BCUT2D eigenvalue weighted by Gasteiger charge is 2.30. The number of pyridine rings is 1. The second-order valence-corrected chi connectivity index (χ2v) is 9.79. The van der Waals surface area contributed by atoms with Gasteiger partial charge < -0.3 is 19.7 Å². The van der Waals surface area contributed by atoms with E-state index >= 15 is 0 Å². The summed E-state index contributed by atoms with van der Waals surface area (Å²) in [6.07, 6.45) is 0.0816. The summed E-state index contributed by atoms with van der Waals surface area (Å²) in [5.41, 5.74) is -1.27. The van der Waals surface area contributed by atoms with E-state index in [4.69, 9.17) is 5.11 Å². The molecule has 3 N–H and O–H groups in total. The Labute approximate surface area is 213 Å². The maximum atomic E-state index is 13.8. The Morgan fingerprint density at radius 1 is 1.11 bits per heavy atom. The number of ketones is 1. The minimum absolute atomic E-state index is 0.0702. The van der Waals surface area contributed by atoms with Crippen LogP contribution in [0.25, 0.3) is 0 Å². The van der Waals surface area contributed by atoms with Gasteiger partial charge in [-0.15, -0.1) is 0 Å². The Morgan fingerprint density at radius 2 is 1.71 bits per heavy atom. The lowest BCUT2D eigenvalue weighted by Gasteiger charge is -2.22. The molecule has 2 rings (SSSR count).